The fraction of sp³-hybridized carbons (Fsp3) is 0.222. The van der Waals surface area contributed by atoms with Crippen molar-refractivity contribution in [3.05, 3.63) is 82.0 Å². The number of amidine groups is 1. The maximum absolute atomic E-state index is 13.1. The zero-order chi connectivity index (χ0) is 25.1. The standard InChI is InChI=1S/C27H27N3O4S/c1-6-29-25(31)24(35-27(29)28-21-10-12-23(33-4)13-11-21)16-20-14-17(2)30(18(20)3)22-9-7-8-19(15-22)26(32)34-5/h7-16H,6H2,1-5H3/b24-16+,28-27?. The Labute approximate surface area is 209 Å². The smallest absolute Gasteiger partial charge is 0.337 e. The molecule has 1 amide bonds. The molecule has 1 aliphatic rings. The van der Waals surface area contributed by atoms with Gasteiger partial charge in [-0.15, -0.1) is 0 Å². The van der Waals surface area contributed by atoms with Gasteiger partial charge in [-0.05, 0) is 92.7 Å². The van der Waals surface area contributed by atoms with Gasteiger partial charge in [0.25, 0.3) is 5.91 Å². The number of ether oxygens (including phenoxy) is 2. The van der Waals surface area contributed by atoms with Gasteiger partial charge in [0.05, 0.1) is 30.4 Å². The maximum Gasteiger partial charge on any atom is 0.337 e. The first-order valence-corrected chi connectivity index (χ1v) is 12.0. The number of nitrogens with zero attached hydrogens (tertiary/aromatic N) is 3. The minimum Gasteiger partial charge on any atom is -0.497 e. The summed E-state index contributed by atoms with van der Waals surface area (Å²) in [5, 5.41) is 0.647. The van der Waals surface area contributed by atoms with Crippen LogP contribution in [0, 0.1) is 13.8 Å². The lowest BCUT2D eigenvalue weighted by Gasteiger charge is -2.12. The topological polar surface area (TPSA) is 73.1 Å². The molecule has 4 rings (SSSR count). The van der Waals surface area contributed by atoms with Crippen molar-refractivity contribution in [1.82, 2.24) is 9.47 Å². The summed E-state index contributed by atoms with van der Waals surface area (Å²) in [7, 11) is 2.99. The number of hydrogen-bond donors (Lipinski definition) is 0. The third kappa shape index (κ3) is 4.88. The molecule has 7 nitrogen and oxygen atoms in total. The third-order valence-electron chi connectivity index (χ3n) is 5.78. The molecule has 1 aromatic heterocycles. The van der Waals surface area contributed by atoms with Crippen LogP contribution >= 0.6 is 11.8 Å². The number of thioether (sulfide) groups is 1. The maximum atomic E-state index is 13.1. The predicted octanol–water partition coefficient (Wildman–Crippen LogP) is 5.51. The third-order valence-corrected chi connectivity index (χ3v) is 6.79. The number of aliphatic imine (C=N–C) groups is 1. The fourth-order valence-corrected chi connectivity index (χ4v) is 5.05. The molecule has 1 aliphatic heterocycles. The lowest BCUT2D eigenvalue weighted by molar-refractivity contribution is -0.122. The Morgan fingerprint density at radius 1 is 1.09 bits per heavy atom. The van der Waals surface area contributed by atoms with Gasteiger partial charge in [-0.2, -0.15) is 0 Å². The summed E-state index contributed by atoms with van der Waals surface area (Å²) < 4.78 is 12.1. The number of amides is 1. The van der Waals surface area contributed by atoms with Crippen LogP contribution in [0.5, 0.6) is 5.75 Å². The Hall–Kier alpha value is -3.78. The average molecular weight is 490 g/mol. The number of methoxy groups -OCH3 is 2. The SMILES string of the molecule is CCN1C(=O)/C(=C\c2cc(C)n(-c3cccc(C(=O)OC)c3)c2C)SC1=Nc1ccc(OC)cc1. The molecule has 0 atom stereocenters. The molecule has 0 radical (unpaired) electrons. The second kappa shape index (κ2) is 10.2. The molecular formula is C27H27N3O4S. The van der Waals surface area contributed by atoms with E-state index in [1.54, 1.807) is 24.1 Å². The summed E-state index contributed by atoms with van der Waals surface area (Å²) in [5.74, 6) is 0.305. The molecule has 0 unspecified atom stereocenters. The molecule has 1 saturated heterocycles. The van der Waals surface area contributed by atoms with Crippen LogP contribution in [0.25, 0.3) is 11.8 Å². The average Bonchev–Trinajstić information content (AvgIpc) is 3.32. The Kier molecular flexibility index (Phi) is 7.12. The number of aromatic nitrogens is 1. The van der Waals surface area contributed by atoms with Crippen molar-refractivity contribution in [3.8, 4) is 11.4 Å². The van der Waals surface area contributed by atoms with E-state index in [4.69, 9.17) is 14.5 Å². The summed E-state index contributed by atoms with van der Waals surface area (Å²) >= 11 is 1.37. The lowest BCUT2D eigenvalue weighted by Crippen LogP contribution is -2.28. The van der Waals surface area contributed by atoms with Crippen LogP contribution in [0.3, 0.4) is 0 Å². The highest BCUT2D eigenvalue weighted by Gasteiger charge is 2.32. The van der Waals surface area contributed by atoms with Crippen molar-refractivity contribution in [3.63, 3.8) is 0 Å². The van der Waals surface area contributed by atoms with Crippen molar-refractivity contribution >= 4 is 40.6 Å². The molecule has 8 heteroatoms. The minimum atomic E-state index is -0.382. The Morgan fingerprint density at radius 3 is 2.49 bits per heavy atom. The van der Waals surface area contributed by atoms with E-state index in [9.17, 15) is 9.59 Å². The molecule has 0 saturated carbocycles. The van der Waals surface area contributed by atoms with Crippen LogP contribution in [0.15, 0.2) is 64.5 Å². The summed E-state index contributed by atoms with van der Waals surface area (Å²) in [5.41, 5.74) is 4.99. The van der Waals surface area contributed by atoms with Gasteiger partial charge in [0.1, 0.15) is 5.75 Å². The number of carbonyl (C=O) groups is 2. The largest absolute Gasteiger partial charge is 0.497 e. The summed E-state index contributed by atoms with van der Waals surface area (Å²) in [4.78, 5) is 32.1. The molecule has 3 aromatic rings. The molecule has 0 spiro atoms. The van der Waals surface area contributed by atoms with E-state index in [1.165, 1.54) is 18.9 Å². The normalized spacial score (nSPS) is 15.8. The van der Waals surface area contributed by atoms with Crippen LogP contribution in [0.4, 0.5) is 5.69 Å². The van der Waals surface area contributed by atoms with E-state index in [-0.39, 0.29) is 11.9 Å². The van der Waals surface area contributed by atoms with Crippen molar-refractivity contribution in [2.24, 2.45) is 4.99 Å². The number of rotatable bonds is 6. The van der Waals surface area contributed by atoms with Crippen LogP contribution in [-0.4, -0.2) is 47.3 Å². The van der Waals surface area contributed by atoms with Gasteiger partial charge < -0.3 is 14.0 Å². The summed E-state index contributed by atoms with van der Waals surface area (Å²) in [6.07, 6.45) is 1.91. The highest BCUT2D eigenvalue weighted by atomic mass is 32.2. The predicted molar refractivity (Wildman–Crippen MR) is 140 cm³/mol. The monoisotopic (exact) mass is 489 g/mol. The van der Waals surface area contributed by atoms with Crippen molar-refractivity contribution < 1.29 is 19.1 Å². The van der Waals surface area contributed by atoms with Gasteiger partial charge in [-0.3, -0.25) is 9.69 Å². The van der Waals surface area contributed by atoms with Gasteiger partial charge in [0.2, 0.25) is 0 Å². The summed E-state index contributed by atoms with van der Waals surface area (Å²) in [6, 6.07) is 16.8. The summed E-state index contributed by atoms with van der Waals surface area (Å²) in [6.45, 7) is 6.46. The molecule has 180 valence electrons. The quantitative estimate of drug-likeness (QED) is 0.337. The van der Waals surface area contributed by atoms with Crippen LogP contribution < -0.4 is 4.74 Å². The van der Waals surface area contributed by atoms with E-state index in [0.29, 0.717) is 22.2 Å². The zero-order valence-corrected chi connectivity index (χ0v) is 21.2. The fourth-order valence-electron chi connectivity index (χ4n) is 4.00. The van der Waals surface area contributed by atoms with Crippen LogP contribution in [-0.2, 0) is 9.53 Å². The van der Waals surface area contributed by atoms with E-state index >= 15 is 0 Å². The number of likely N-dealkylation sites (N-methyl/N-ethyl adjacent to an activating group) is 1. The van der Waals surface area contributed by atoms with Gasteiger partial charge in [0, 0.05) is 23.6 Å². The second-order valence-corrected chi connectivity index (χ2v) is 8.97. The number of aryl methyl sites for hydroxylation is 1. The first-order valence-electron chi connectivity index (χ1n) is 11.2. The molecule has 0 aliphatic carbocycles. The van der Waals surface area contributed by atoms with E-state index in [1.807, 2.05) is 69.3 Å². The number of carbonyl (C=O) groups excluding carboxylic acids is 2. The van der Waals surface area contributed by atoms with Crippen molar-refractivity contribution in [2.45, 2.75) is 20.8 Å². The van der Waals surface area contributed by atoms with Crippen LogP contribution in [0.2, 0.25) is 0 Å². The Bertz CT molecular complexity index is 1340. The Morgan fingerprint density at radius 2 is 1.83 bits per heavy atom. The van der Waals surface area contributed by atoms with Crippen LogP contribution in [0.1, 0.15) is 34.2 Å². The first-order chi connectivity index (χ1) is 16.9. The lowest BCUT2D eigenvalue weighted by atomic mass is 10.2. The number of benzene rings is 2. The van der Waals surface area contributed by atoms with Gasteiger partial charge in [-0.25, -0.2) is 9.79 Å². The van der Waals surface area contributed by atoms with E-state index in [0.717, 1.165) is 34.1 Å². The Balaban J connectivity index is 1.67. The van der Waals surface area contributed by atoms with Gasteiger partial charge >= 0.3 is 5.97 Å². The van der Waals surface area contributed by atoms with Crippen molar-refractivity contribution in [2.75, 3.05) is 20.8 Å². The molecule has 2 aromatic carbocycles. The van der Waals surface area contributed by atoms with Gasteiger partial charge in [0.15, 0.2) is 5.17 Å². The zero-order valence-electron chi connectivity index (χ0n) is 20.4. The highest BCUT2D eigenvalue weighted by Crippen LogP contribution is 2.35. The van der Waals surface area contributed by atoms with Gasteiger partial charge in [-0.1, -0.05) is 6.07 Å². The second-order valence-electron chi connectivity index (χ2n) is 7.96. The van der Waals surface area contributed by atoms with E-state index < -0.39 is 0 Å². The number of esters is 1. The van der Waals surface area contributed by atoms with E-state index in [2.05, 4.69) is 4.57 Å². The molecule has 0 bridgehead atoms. The molecule has 2 heterocycles. The molecule has 1 fully saturated rings. The highest BCUT2D eigenvalue weighted by molar-refractivity contribution is 8.18. The molecule has 35 heavy (non-hydrogen) atoms. The number of hydrogen-bond acceptors (Lipinski definition) is 6. The van der Waals surface area contributed by atoms with Crippen molar-refractivity contribution in [1.29, 1.82) is 0 Å². The first kappa shape index (κ1) is 24.3. The molecule has 0 N–H and O–H groups in total. The minimum absolute atomic E-state index is 0.0674. The molecular weight excluding hydrogens is 462 g/mol.